The maximum Gasteiger partial charge on any atom is 0.272 e. The van der Waals surface area contributed by atoms with Crippen LogP contribution in [0.25, 0.3) is 6.08 Å². The highest BCUT2D eigenvalue weighted by molar-refractivity contribution is 8.00. The van der Waals surface area contributed by atoms with Gasteiger partial charge in [0.25, 0.3) is 11.8 Å². The molecule has 9 heteroatoms. The molecule has 0 saturated heterocycles. The van der Waals surface area contributed by atoms with E-state index in [1.165, 1.54) is 11.8 Å². The number of hydrogen-bond acceptors (Lipinski definition) is 5. The van der Waals surface area contributed by atoms with Crippen molar-refractivity contribution < 1.29 is 19.1 Å². The molecule has 5 aromatic rings. The van der Waals surface area contributed by atoms with Gasteiger partial charge in [-0.05, 0) is 96.9 Å². The Morgan fingerprint density at radius 3 is 2.13 bits per heavy atom. The van der Waals surface area contributed by atoms with Crippen LogP contribution in [0.15, 0.2) is 144 Å². The third-order valence-electron chi connectivity index (χ3n) is 6.82. The zero-order chi connectivity index (χ0) is 33.0. The summed E-state index contributed by atoms with van der Waals surface area (Å²) in [7, 11) is 0. The number of amides is 3. The molecule has 0 bridgehead atoms. The molecule has 7 nitrogen and oxygen atoms in total. The predicted molar refractivity (Wildman–Crippen MR) is 190 cm³/mol. The molecular weight excluding hydrogens is 630 g/mol. The van der Waals surface area contributed by atoms with Crippen molar-refractivity contribution in [1.29, 1.82) is 0 Å². The van der Waals surface area contributed by atoms with Gasteiger partial charge in [-0.2, -0.15) is 0 Å². The van der Waals surface area contributed by atoms with E-state index in [1.54, 1.807) is 97.1 Å². The number of anilines is 2. The second-order valence-corrected chi connectivity index (χ2v) is 12.1. The minimum absolute atomic E-state index is 0.0465. The van der Waals surface area contributed by atoms with Crippen molar-refractivity contribution in [3.05, 3.63) is 155 Å². The molecule has 0 aliphatic rings. The maximum atomic E-state index is 13.5. The van der Waals surface area contributed by atoms with Crippen molar-refractivity contribution in [2.24, 2.45) is 0 Å². The lowest BCUT2D eigenvalue weighted by molar-refractivity contribution is -0.116. The standard InChI is InChI=1S/C38H32ClN3O4S/c1-2-35(38(45)40-29-19-21-32(22-20-29)46-31-16-7-4-8-17-31)47-33-18-10-15-30(25-33)41-37(44)34(24-26-11-9-14-28(39)23-26)42-36(43)27-12-5-3-6-13-27/h3-25,35H,2H2,1H3,(H,40,45)(H,41,44)(H,42,43)/b34-24-. The zero-order valence-corrected chi connectivity index (χ0v) is 27.1. The van der Waals surface area contributed by atoms with E-state index >= 15 is 0 Å². The van der Waals surface area contributed by atoms with E-state index in [4.69, 9.17) is 16.3 Å². The first-order valence-corrected chi connectivity index (χ1v) is 16.2. The van der Waals surface area contributed by atoms with Gasteiger partial charge in [0.2, 0.25) is 5.91 Å². The van der Waals surface area contributed by atoms with Crippen molar-refractivity contribution in [2.75, 3.05) is 10.6 Å². The second kappa shape index (κ2) is 16.3. The average molecular weight is 662 g/mol. The average Bonchev–Trinajstić information content (AvgIpc) is 3.08. The molecule has 0 radical (unpaired) electrons. The van der Waals surface area contributed by atoms with Gasteiger partial charge in [-0.25, -0.2) is 0 Å². The number of para-hydroxylation sites is 1. The van der Waals surface area contributed by atoms with E-state index < -0.39 is 11.8 Å². The predicted octanol–water partition coefficient (Wildman–Crippen LogP) is 9.05. The van der Waals surface area contributed by atoms with Gasteiger partial charge in [0, 0.05) is 26.9 Å². The molecule has 47 heavy (non-hydrogen) atoms. The fourth-order valence-corrected chi connectivity index (χ4v) is 5.70. The Kier molecular flexibility index (Phi) is 11.5. The number of benzene rings is 5. The topological polar surface area (TPSA) is 96.5 Å². The Bertz CT molecular complexity index is 1870. The third kappa shape index (κ3) is 9.84. The van der Waals surface area contributed by atoms with Crippen LogP contribution in [0.4, 0.5) is 11.4 Å². The smallest absolute Gasteiger partial charge is 0.272 e. The normalized spacial score (nSPS) is 11.7. The summed E-state index contributed by atoms with van der Waals surface area (Å²) in [5.74, 6) is 0.323. The van der Waals surface area contributed by atoms with Gasteiger partial charge < -0.3 is 20.7 Å². The Morgan fingerprint density at radius 1 is 0.745 bits per heavy atom. The van der Waals surface area contributed by atoms with Crippen molar-refractivity contribution in [3.8, 4) is 11.5 Å². The minimum Gasteiger partial charge on any atom is -0.457 e. The number of rotatable bonds is 12. The number of thioether (sulfide) groups is 1. The minimum atomic E-state index is -0.513. The largest absolute Gasteiger partial charge is 0.457 e. The van der Waals surface area contributed by atoms with E-state index in [0.29, 0.717) is 39.7 Å². The van der Waals surface area contributed by atoms with Crippen LogP contribution in [0.5, 0.6) is 11.5 Å². The van der Waals surface area contributed by atoms with Crippen LogP contribution >= 0.6 is 23.4 Å². The summed E-state index contributed by atoms with van der Waals surface area (Å²) in [6.07, 6.45) is 2.15. The van der Waals surface area contributed by atoms with Crippen LogP contribution in [0, 0.1) is 0 Å². The first kappa shape index (κ1) is 33.1. The second-order valence-electron chi connectivity index (χ2n) is 10.4. The maximum absolute atomic E-state index is 13.5. The number of halogens is 1. The van der Waals surface area contributed by atoms with Crippen LogP contribution in [-0.2, 0) is 9.59 Å². The number of nitrogens with one attached hydrogen (secondary N) is 3. The first-order valence-electron chi connectivity index (χ1n) is 14.9. The summed E-state index contributed by atoms with van der Waals surface area (Å²) in [4.78, 5) is 40.4. The highest BCUT2D eigenvalue weighted by Crippen LogP contribution is 2.29. The summed E-state index contributed by atoms with van der Waals surface area (Å²) >= 11 is 7.55. The van der Waals surface area contributed by atoms with Gasteiger partial charge in [0.15, 0.2) is 0 Å². The van der Waals surface area contributed by atoms with Crippen molar-refractivity contribution >= 4 is 58.5 Å². The molecule has 0 saturated carbocycles. The Morgan fingerprint density at radius 2 is 1.43 bits per heavy atom. The van der Waals surface area contributed by atoms with E-state index in [1.807, 2.05) is 49.4 Å². The lowest BCUT2D eigenvalue weighted by Gasteiger charge is -2.16. The molecule has 236 valence electrons. The highest BCUT2D eigenvalue weighted by Gasteiger charge is 2.20. The van der Waals surface area contributed by atoms with Crippen LogP contribution in [0.2, 0.25) is 5.02 Å². The SMILES string of the molecule is CCC(Sc1cccc(NC(=O)/C(=C/c2cccc(Cl)c2)NC(=O)c2ccccc2)c1)C(=O)Nc1ccc(Oc2ccccc2)cc1. The monoisotopic (exact) mass is 661 g/mol. The molecule has 0 aliphatic heterocycles. The number of ether oxygens (including phenoxy) is 1. The van der Waals surface area contributed by atoms with Crippen molar-refractivity contribution in [2.45, 2.75) is 23.5 Å². The molecule has 3 amide bonds. The molecule has 5 rings (SSSR count). The third-order valence-corrected chi connectivity index (χ3v) is 8.42. The summed E-state index contributed by atoms with van der Waals surface area (Å²) in [5.41, 5.74) is 2.28. The van der Waals surface area contributed by atoms with E-state index in [2.05, 4.69) is 16.0 Å². The summed E-state index contributed by atoms with van der Waals surface area (Å²) in [6, 6.07) is 39.5. The summed E-state index contributed by atoms with van der Waals surface area (Å²) in [5, 5.41) is 8.71. The van der Waals surface area contributed by atoms with Gasteiger partial charge in [0.05, 0.1) is 5.25 Å². The molecule has 0 fully saturated rings. The summed E-state index contributed by atoms with van der Waals surface area (Å²) in [6.45, 7) is 1.95. The highest BCUT2D eigenvalue weighted by atomic mass is 35.5. The molecule has 0 spiro atoms. The zero-order valence-electron chi connectivity index (χ0n) is 25.5. The Balaban J connectivity index is 1.24. The molecule has 0 aliphatic carbocycles. The van der Waals surface area contributed by atoms with Gasteiger partial charge in [-0.3, -0.25) is 14.4 Å². The van der Waals surface area contributed by atoms with Crippen LogP contribution in [-0.4, -0.2) is 23.0 Å². The molecule has 5 aromatic carbocycles. The number of carbonyl (C=O) groups is 3. The molecule has 1 atom stereocenters. The molecular formula is C38H32ClN3O4S. The lowest BCUT2D eigenvalue weighted by Crippen LogP contribution is -2.30. The fourth-order valence-electron chi connectivity index (χ4n) is 4.49. The van der Waals surface area contributed by atoms with Gasteiger partial charge >= 0.3 is 0 Å². The fraction of sp³-hybridized carbons (Fsp3) is 0.0789. The quantitative estimate of drug-likeness (QED) is 0.0916. The van der Waals surface area contributed by atoms with Crippen LogP contribution in [0.1, 0.15) is 29.3 Å². The Labute approximate surface area is 283 Å². The van der Waals surface area contributed by atoms with E-state index in [0.717, 1.165) is 10.6 Å². The summed E-state index contributed by atoms with van der Waals surface area (Å²) < 4.78 is 5.84. The first-order chi connectivity index (χ1) is 22.9. The van der Waals surface area contributed by atoms with Crippen molar-refractivity contribution in [3.63, 3.8) is 0 Å². The lowest BCUT2D eigenvalue weighted by atomic mass is 10.1. The molecule has 0 aromatic heterocycles. The van der Waals surface area contributed by atoms with Gasteiger partial charge in [-0.15, -0.1) is 11.8 Å². The Hall–Kier alpha value is -5.31. The van der Waals surface area contributed by atoms with Gasteiger partial charge in [0.1, 0.15) is 17.2 Å². The van der Waals surface area contributed by atoms with Crippen molar-refractivity contribution in [1.82, 2.24) is 5.32 Å². The van der Waals surface area contributed by atoms with Crippen LogP contribution in [0.3, 0.4) is 0 Å². The number of hydrogen-bond donors (Lipinski definition) is 3. The molecule has 1 unspecified atom stereocenters. The van der Waals surface area contributed by atoms with E-state index in [9.17, 15) is 14.4 Å². The van der Waals surface area contributed by atoms with Crippen LogP contribution < -0.4 is 20.7 Å². The number of carbonyl (C=O) groups excluding carboxylic acids is 3. The molecule has 0 heterocycles. The molecule has 3 N–H and O–H groups in total. The van der Waals surface area contributed by atoms with Gasteiger partial charge in [-0.1, -0.05) is 73.1 Å². The van der Waals surface area contributed by atoms with E-state index in [-0.39, 0.29) is 16.9 Å².